The monoisotopic (exact) mass is 303 g/mol. The highest BCUT2D eigenvalue weighted by molar-refractivity contribution is 6.30. The molecule has 2 N–H and O–H groups in total. The Kier molecular flexibility index (Phi) is 5.77. The predicted molar refractivity (Wildman–Crippen MR) is 75.2 cm³/mol. The van der Waals surface area contributed by atoms with E-state index in [0.717, 1.165) is 0 Å². The van der Waals surface area contributed by atoms with Crippen molar-refractivity contribution in [1.29, 1.82) is 0 Å². The molecule has 0 aliphatic carbocycles. The molecule has 0 saturated heterocycles. The minimum Gasteiger partial charge on any atom is -0.444 e. The number of aliphatic hydroxyl groups is 1. The molecule has 1 rings (SSSR count). The van der Waals surface area contributed by atoms with Crippen LogP contribution in [0.4, 0.5) is 9.18 Å². The Morgan fingerprint density at radius 3 is 2.65 bits per heavy atom. The van der Waals surface area contributed by atoms with Crippen molar-refractivity contribution in [3.8, 4) is 0 Å². The summed E-state index contributed by atoms with van der Waals surface area (Å²) in [7, 11) is 0. The first kappa shape index (κ1) is 16.7. The van der Waals surface area contributed by atoms with Gasteiger partial charge in [0, 0.05) is 6.61 Å². The highest BCUT2D eigenvalue weighted by atomic mass is 35.5. The minimum absolute atomic E-state index is 0.00812. The number of amides is 1. The molecule has 0 aliphatic rings. The Morgan fingerprint density at radius 1 is 1.50 bits per heavy atom. The highest BCUT2D eigenvalue weighted by Gasteiger charge is 2.20. The van der Waals surface area contributed by atoms with Gasteiger partial charge in [-0.15, -0.1) is 0 Å². The number of ether oxygens (including phenoxy) is 1. The van der Waals surface area contributed by atoms with Gasteiger partial charge in [0.05, 0.1) is 11.1 Å². The van der Waals surface area contributed by atoms with E-state index in [-0.39, 0.29) is 18.1 Å². The smallest absolute Gasteiger partial charge is 0.408 e. The summed E-state index contributed by atoms with van der Waals surface area (Å²) in [6, 6.07) is 3.71. The van der Waals surface area contributed by atoms with Gasteiger partial charge < -0.3 is 15.2 Å². The first-order chi connectivity index (χ1) is 9.23. The van der Waals surface area contributed by atoms with Crippen LogP contribution in [0, 0.1) is 5.82 Å². The zero-order valence-electron chi connectivity index (χ0n) is 11.7. The maximum absolute atomic E-state index is 13.5. The lowest BCUT2D eigenvalue weighted by Crippen LogP contribution is -2.35. The second kappa shape index (κ2) is 6.90. The number of halogens is 2. The molecule has 1 aromatic carbocycles. The number of carbonyl (C=O) groups excluding carboxylic acids is 1. The van der Waals surface area contributed by atoms with Crippen molar-refractivity contribution in [1.82, 2.24) is 5.32 Å². The van der Waals surface area contributed by atoms with Crippen LogP contribution in [-0.4, -0.2) is 23.4 Å². The lowest BCUT2D eigenvalue weighted by molar-refractivity contribution is 0.0496. The first-order valence-corrected chi connectivity index (χ1v) is 6.66. The fourth-order valence-electron chi connectivity index (χ4n) is 1.63. The van der Waals surface area contributed by atoms with E-state index >= 15 is 0 Å². The van der Waals surface area contributed by atoms with Crippen LogP contribution >= 0.6 is 11.6 Å². The molecule has 1 unspecified atom stereocenters. The SMILES string of the molecule is CC(C)(C)OC(=O)NC(CCO)c1ccc(Cl)c(F)c1. The summed E-state index contributed by atoms with van der Waals surface area (Å²) < 4.78 is 18.6. The predicted octanol–water partition coefficient (Wildman–Crippen LogP) is 3.43. The van der Waals surface area contributed by atoms with Crippen LogP contribution in [-0.2, 0) is 4.74 Å². The second-order valence-corrected chi connectivity index (χ2v) is 5.79. The van der Waals surface area contributed by atoms with E-state index < -0.39 is 23.6 Å². The van der Waals surface area contributed by atoms with Crippen LogP contribution in [0.2, 0.25) is 5.02 Å². The highest BCUT2D eigenvalue weighted by Crippen LogP contribution is 2.22. The summed E-state index contributed by atoms with van der Waals surface area (Å²) in [6.45, 7) is 5.09. The van der Waals surface area contributed by atoms with Crippen LogP contribution < -0.4 is 5.32 Å². The van der Waals surface area contributed by atoms with Gasteiger partial charge in [0.25, 0.3) is 0 Å². The number of benzene rings is 1. The van der Waals surface area contributed by atoms with E-state index in [0.29, 0.717) is 5.56 Å². The fraction of sp³-hybridized carbons (Fsp3) is 0.500. The lowest BCUT2D eigenvalue weighted by atomic mass is 10.0. The summed E-state index contributed by atoms with van der Waals surface area (Å²) in [5, 5.41) is 11.7. The van der Waals surface area contributed by atoms with E-state index in [4.69, 9.17) is 21.4 Å². The minimum atomic E-state index is -0.626. The number of hydrogen-bond acceptors (Lipinski definition) is 3. The van der Waals surface area contributed by atoms with Gasteiger partial charge in [-0.3, -0.25) is 0 Å². The van der Waals surface area contributed by atoms with Gasteiger partial charge in [-0.05, 0) is 44.9 Å². The third-order valence-electron chi connectivity index (χ3n) is 2.45. The van der Waals surface area contributed by atoms with Crippen molar-refractivity contribution in [2.45, 2.75) is 38.8 Å². The molecule has 0 aromatic heterocycles. The molecule has 112 valence electrons. The first-order valence-electron chi connectivity index (χ1n) is 6.28. The van der Waals surface area contributed by atoms with Crippen molar-refractivity contribution in [3.63, 3.8) is 0 Å². The van der Waals surface area contributed by atoms with E-state index in [1.54, 1.807) is 26.8 Å². The van der Waals surface area contributed by atoms with Crippen molar-refractivity contribution >= 4 is 17.7 Å². The molecule has 1 atom stereocenters. The molecule has 1 aromatic rings. The van der Waals surface area contributed by atoms with E-state index in [1.165, 1.54) is 12.1 Å². The maximum atomic E-state index is 13.5. The second-order valence-electron chi connectivity index (χ2n) is 5.38. The zero-order valence-corrected chi connectivity index (χ0v) is 12.5. The lowest BCUT2D eigenvalue weighted by Gasteiger charge is -2.23. The average Bonchev–Trinajstić information content (AvgIpc) is 2.30. The Balaban J connectivity index is 2.83. The van der Waals surface area contributed by atoms with Crippen LogP contribution in [0.3, 0.4) is 0 Å². The van der Waals surface area contributed by atoms with Gasteiger partial charge in [0.2, 0.25) is 0 Å². The normalized spacial score (nSPS) is 12.9. The summed E-state index contributed by atoms with van der Waals surface area (Å²) in [4.78, 5) is 11.7. The Bertz CT molecular complexity index is 474. The summed E-state index contributed by atoms with van der Waals surface area (Å²) >= 11 is 5.62. The largest absolute Gasteiger partial charge is 0.444 e. The topological polar surface area (TPSA) is 58.6 Å². The molecule has 20 heavy (non-hydrogen) atoms. The number of alkyl carbamates (subject to hydrolysis) is 1. The van der Waals surface area contributed by atoms with Crippen molar-refractivity contribution < 1.29 is 19.0 Å². The molecule has 0 aliphatic heterocycles. The van der Waals surface area contributed by atoms with Gasteiger partial charge in [0.1, 0.15) is 11.4 Å². The zero-order chi connectivity index (χ0) is 15.3. The van der Waals surface area contributed by atoms with Gasteiger partial charge in [-0.1, -0.05) is 17.7 Å². The van der Waals surface area contributed by atoms with Gasteiger partial charge in [0.15, 0.2) is 0 Å². The number of rotatable bonds is 4. The van der Waals surface area contributed by atoms with Crippen molar-refractivity contribution in [2.24, 2.45) is 0 Å². The van der Waals surface area contributed by atoms with Gasteiger partial charge >= 0.3 is 6.09 Å². The molecular weight excluding hydrogens is 285 g/mol. The van der Waals surface area contributed by atoms with Crippen molar-refractivity contribution in [3.05, 3.63) is 34.6 Å². The maximum Gasteiger partial charge on any atom is 0.408 e. The van der Waals surface area contributed by atoms with Gasteiger partial charge in [-0.25, -0.2) is 9.18 Å². The molecule has 0 radical (unpaired) electrons. The quantitative estimate of drug-likeness (QED) is 0.896. The fourth-order valence-corrected chi connectivity index (χ4v) is 1.75. The standard InChI is InChI=1S/C14H19ClFNO3/c1-14(2,3)20-13(19)17-12(6-7-18)9-4-5-10(15)11(16)8-9/h4-5,8,12,18H,6-7H2,1-3H3,(H,17,19). The summed E-state index contributed by atoms with van der Waals surface area (Å²) in [6.07, 6.45) is -0.369. The summed E-state index contributed by atoms with van der Waals surface area (Å²) in [5.74, 6) is -0.571. The van der Waals surface area contributed by atoms with Crippen molar-refractivity contribution in [2.75, 3.05) is 6.61 Å². The van der Waals surface area contributed by atoms with Crippen LogP contribution in [0.5, 0.6) is 0 Å². The number of hydrogen-bond donors (Lipinski definition) is 2. The van der Waals surface area contributed by atoms with Crippen LogP contribution in [0.25, 0.3) is 0 Å². The molecule has 6 heteroatoms. The number of aliphatic hydroxyl groups excluding tert-OH is 1. The third kappa shape index (κ3) is 5.35. The molecule has 0 bridgehead atoms. The summed E-state index contributed by atoms with van der Waals surface area (Å²) in [5.41, 5.74) is -0.106. The molecule has 1 amide bonds. The van der Waals surface area contributed by atoms with E-state index in [1.807, 2.05) is 0 Å². The molecular formula is C14H19ClFNO3. The average molecular weight is 304 g/mol. The molecule has 0 saturated carbocycles. The number of carbonyl (C=O) groups is 1. The molecule has 0 spiro atoms. The Morgan fingerprint density at radius 2 is 2.15 bits per heavy atom. The Labute approximate surface area is 122 Å². The van der Waals surface area contributed by atoms with Crippen LogP contribution in [0.1, 0.15) is 38.8 Å². The number of nitrogens with one attached hydrogen (secondary N) is 1. The Hall–Kier alpha value is -1.33. The molecule has 4 nitrogen and oxygen atoms in total. The molecule has 0 heterocycles. The third-order valence-corrected chi connectivity index (χ3v) is 2.76. The van der Waals surface area contributed by atoms with E-state index in [2.05, 4.69) is 5.32 Å². The van der Waals surface area contributed by atoms with E-state index in [9.17, 15) is 9.18 Å². The van der Waals surface area contributed by atoms with Crippen LogP contribution in [0.15, 0.2) is 18.2 Å². The van der Waals surface area contributed by atoms with Gasteiger partial charge in [-0.2, -0.15) is 0 Å². The molecule has 0 fully saturated rings.